The van der Waals surface area contributed by atoms with Gasteiger partial charge in [-0.2, -0.15) is 0 Å². The van der Waals surface area contributed by atoms with Crippen molar-refractivity contribution in [2.24, 2.45) is 5.92 Å². The molecule has 0 aliphatic carbocycles. The molecule has 0 bridgehead atoms. The van der Waals surface area contributed by atoms with Gasteiger partial charge < -0.3 is 33.8 Å². The predicted octanol–water partition coefficient (Wildman–Crippen LogP) is 24.4. The summed E-state index contributed by atoms with van der Waals surface area (Å²) < 4.78 is 68.8. The Hall–Kier alpha value is -1.94. The second-order valence-corrected chi connectivity index (χ2v) is 32.5. The summed E-state index contributed by atoms with van der Waals surface area (Å²) in [7, 11) is -9.92. The minimum atomic E-state index is -4.96. The number of esters is 4. The van der Waals surface area contributed by atoms with E-state index in [0.29, 0.717) is 25.7 Å². The number of hydrogen-bond donors (Lipinski definition) is 3. The van der Waals surface area contributed by atoms with Crippen molar-refractivity contribution in [3.05, 3.63) is 0 Å². The van der Waals surface area contributed by atoms with Crippen LogP contribution in [0.2, 0.25) is 0 Å². The van der Waals surface area contributed by atoms with E-state index in [2.05, 4.69) is 34.6 Å². The van der Waals surface area contributed by atoms with Crippen LogP contribution in [0.15, 0.2) is 0 Å². The maximum atomic E-state index is 13.1. The molecule has 0 amide bonds. The van der Waals surface area contributed by atoms with Gasteiger partial charge in [0.15, 0.2) is 12.2 Å². The second kappa shape index (κ2) is 73.9. The molecule has 594 valence electrons. The van der Waals surface area contributed by atoms with Crippen LogP contribution in [-0.4, -0.2) is 96.7 Å². The smallest absolute Gasteiger partial charge is 0.462 e. The molecule has 0 saturated carbocycles. The fourth-order valence-electron chi connectivity index (χ4n) is 12.6. The Labute approximate surface area is 613 Å². The minimum absolute atomic E-state index is 0.108. The van der Waals surface area contributed by atoms with Crippen molar-refractivity contribution in [2.45, 2.75) is 451 Å². The van der Waals surface area contributed by atoms with Crippen LogP contribution in [0.25, 0.3) is 0 Å². The van der Waals surface area contributed by atoms with Gasteiger partial charge in [-0.1, -0.05) is 381 Å². The van der Waals surface area contributed by atoms with Crippen molar-refractivity contribution in [1.82, 2.24) is 0 Å². The van der Waals surface area contributed by atoms with Crippen molar-refractivity contribution >= 4 is 39.5 Å². The molecule has 0 saturated heterocycles. The van der Waals surface area contributed by atoms with Crippen LogP contribution in [0, 0.1) is 5.92 Å². The van der Waals surface area contributed by atoms with E-state index in [0.717, 1.165) is 95.8 Å². The zero-order chi connectivity index (χ0) is 73.4. The maximum absolute atomic E-state index is 13.1. The molecule has 100 heavy (non-hydrogen) atoms. The first-order valence-electron chi connectivity index (χ1n) is 42.1. The molecule has 0 aliphatic rings. The predicted molar refractivity (Wildman–Crippen MR) is 409 cm³/mol. The molecule has 5 atom stereocenters. The molecule has 0 aromatic carbocycles. The van der Waals surface area contributed by atoms with Crippen LogP contribution < -0.4 is 0 Å². The van der Waals surface area contributed by atoms with Gasteiger partial charge in [-0.05, 0) is 31.6 Å². The molecular formula is C81H158O17P2. The minimum Gasteiger partial charge on any atom is -0.462 e. The zero-order valence-corrected chi connectivity index (χ0v) is 67.1. The summed E-state index contributed by atoms with van der Waals surface area (Å²) in [6.07, 6.45) is 65.0. The van der Waals surface area contributed by atoms with E-state index in [-0.39, 0.29) is 25.7 Å². The van der Waals surface area contributed by atoms with E-state index in [1.807, 2.05) is 0 Å². The van der Waals surface area contributed by atoms with E-state index < -0.39 is 97.5 Å². The molecule has 0 fully saturated rings. The molecule has 19 heteroatoms. The standard InChI is InChI=1S/C81H158O17P2/c1-6-9-12-15-18-21-24-27-29-31-35-40-45-50-55-60-65-79(84)92-71-77(98-81(86)67-62-57-52-47-42-37-32-34-38-43-48-53-58-63-74(4)5)73-96-100(89,90)94-69-75(82)68-93-99(87,88)95-72-76(70-91-78(83)64-59-54-49-44-39-33-26-23-20-17-14-11-8-3)97-80(85)66-61-56-51-46-41-36-30-28-25-22-19-16-13-10-7-2/h74-77,82H,6-73H2,1-5H3,(H,87,88)(H,89,90)/t75-,76+,77+/m0/s1. The molecular weight excluding hydrogens is 1310 g/mol. The quantitative estimate of drug-likeness (QED) is 0.0222. The number of carbonyl (C=O) groups is 4. The fourth-order valence-corrected chi connectivity index (χ4v) is 14.2. The van der Waals surface area contributed by atoms with E-state index in [9.17, 15) is 43.2 Å². The largest absolute Gasteiger partial charge is 0.472 e. The summed E-state index contributed by atoms with van der Waals surface area (Å²) in [6.45, 7) is 7.36. The zero-order valence-electron chi connectivity index (χ0n) is 65.3. The van der Waals surface area contributed by atoms with Crippen LogP contribution >= 0.6 is 15.6 Å². The number of aliphatic hydroxyl groups excluding tert-OH is 1. The van der Waals surface area contributed by atoms with Gasteiger partial charge in [0, 0.05) is 25.7 Å². The lowest BCUT2D eigenvalue weighted by Crippen LogP contribution is -2.30. The number of carbonyl (C=O) groups excluding carboxylic acids is 4. The highest BCUT2D eigenvalue weighted by molar-refractivity contribution is 7.47. The van der Waals surface area contributed by atoms with Crippen LogP contribution in [0.1, 0.15) is 433 Å². The first-order chi connectivity index (χ1) is 48.5. The fraction of sp³-hybridized carbons (Fsp3) is 0.951. The molecule has 0 aliphatic heterocycles. The monoisotopic (exact) mass is 1470 g/mol. The highest BCUT2D eigenvalue weighted by Gasteiger charge is 2.30. The molecule has 17 nitrogen and oxygen atoms in total. The number of phosphoric ester groups is 2. The first-order valence-corrected chi connectivity index (χ1v) is 45.1. The molecule has 0 rings (SSSR count). The summed E-state index contributed by atoms with van der Waals surface area (Å²) >= 11 is 0. The Kier molecular flexibility index (Phi) is 72.5. The summed E-state index contributed by atoms with van der Waals surface area (Å²) in [5, 5.41) is 10.7. The third-order valence-electron chi connectivity index (χ3n) is 19.0. The number of aliphatic hydroxyl groups is 1. The summed E-state index contributed by atoms with van der Waals surface area (Å²) in [5.74, 6) is -1.32. The van der Waals surface area contributed by atoms with Crippen molar-refractivity contribution in [3.8, 4) is 0 Å². The number of unbranched alkanes of at least 4 members (excludes halogenated alkanes) is 53. The van der Waals surface area contributed by atoms with Crippen LogP contribution in [-0.2, 0) is 65.4 Å². The Morgan fingerprint density at radius 3 is 0.680 bits per heavy atom. The Bertz CT molecular complexity index is 1910. The van der Waals surface area contributed by atoms with Gasteiger partial charge >= 0.3 is 39.5 Å². The van der Waals surface area contributed by atoms with Gasteiger partial charge in [0.05, 0.1) is 26.4 Å². The Morgan fingerprint density at radius 1 is 0.270 bits per heavy atom. The number of hydrogen-bond acceptors (Lipinski definition) is 15. The van der Waals surface area contributed by atoms with Gasteiger partial charge in [0.2, 0.25) is 0 Å². The molecule has 0 radical (unpaired) electrons. The van der Waals surface area contributed by atoms with Crippen molar-refractivity contribution in [3.63, 3.8) is 0 Å². The van der Waals surface area contributed by atoms with Crippen LogP contribution in [0.3, 0.4) is 0 Å². The molecule has 0 spiro atoms. The third-order valence-corrected chi connectivity index (χ3v) is 20.9. The molecule has 0 aromatic rings. The molecule has 2 unspecified atom stereocenters. The van der Waals surface area contributed by atoms with E-state index >= 15 is 0 Å². The summed E-state index contributed by atoms with van der Waals surface area (Å²) in [4.78, 5) is 73.1. The normalized spacial score (nSPS) is 13.8. The van der Waals surface area contributed by atoms with Gasteiger partial charge in [-0.3, -0.25) is 37.3 Å². The van der Waals surface area contributed by atoms with Gasteiger partial charge in [-0.15, -0.1) is 0 Å². The summed E-state index contributed by atoms with van der Waals surface area (Å²) in [6, 6.07) is 0. The number of phosphoric acid groups is 2. The lowest BCUT2D eigenvalue weighted by atomic mass is 10.0. The average molecular weight is 1470 g/mol. The van der Waals surface area contributed by atoms with E-state index in [1.165, 1.54) is 257 Å². The lowest BCUT2D eigenvalue weighted by molar-refractivity contribution is -0.161. The molecule has 0 aromatic heterocycles. The van der Waals surface area contributed by atoms with E-state index in [4.69, 9.17) is 37.0 Å². The van der Waals surface area contributed by atoms with Gasteiger partial charge in [-0.25, -0.2) is 9.13 Å². The molecule has 0 heterocycles. The van der Waals surface area contributed by atoms with Gasteiger partial charge in [0.25, 0.3) is 0 Å². The first kappa shape index (κ1) is 98.1. The molecule has 3 N–H and O–H groups in total. The van der Waals surface area contributed by atoms with Crippen molar-refractivity contribution in [1.29, 1.82) is 0 Å². The van der Waals surface area contributed by atoms with Crippen molar-refractivity contribution in [2.75, 3.05) is 39.6 Å². The lowest BCUT2D eigenvalue weighted by Gasteiger charge is -2.21. The Balaban J connectivity index is 5.27. The van der Waals surface area contributed by atoms with E-state index in [1.54, 1.807) is 0 Å². The maximum Gasteiger partial charge on any atom is 0.472 e. The highest BCUT2D eigenvalue weighted by Crippen LogP contribution is 2.45. The van der Waals surface area contributed by atoms with Crippen LogP contribution in [0.4, 0.5) is 0 Å². The van der Waals surface area contributed by atoms with Crippen LogP contribution in [0.5, 0.6) is 0 Å². The Morgan fingerprint density at radius 2 is 0.460 bits per heavy atom. The van der Waals surface area contributed by atoms with Gasteiger partial charge in [0.1, 0.15) is 19.3 Å². The summed E-state index contributed by atoms with van der Waals surface area (Å²) in [5.41, 5.74) is 0. The SMILES string of the molecule is CCCCCCCCCCCCCCCCCCC(=O)OC[C@H](COP(=O)(O)OC[C@@H](O)COP(=O)(O)OC[C@@H](COC(=O)CCCCCCCCCCCCCCC)OC(=O)CCCCCCCCCCCCCCCCC)OC(=O)CCCCCCCCCCCCCCCC(C)C. The topological polar surface area (TPSA) is 237 Å². The second-order valence-electron chi connectivity index (χ2n) is 29.6. The number of ether oxygens (including phenoxy) is 4. The average Bonchev–Trinajstić information content (AvgIpc) is 0.929. The third kappa shape index (κ3) is 74.3. The van der Waals surface area contributed by atoms with Crippen molar-refractivity contribution < 1.29 is 80.2 Å². The highest BCUT2D eigenvalue weighted by atomic mass is 31.2. The number of rotatable bonds is 81.